The van der Waals surface area contributed by atoms with Gasteiger partial charge in [0.15, 0.2) is 5.15 Å². The van der Waals surface area contributed by atoms with Crippen molar-refractivity contribution in [2.75, 3.05) is 7.11 Å². The molecule has 1 amide bonds. The lowest BCUT2D eigenvalue weighted by molar-refractivity contribution is -0.155. The van der Waals surface area contributed by atoms with Gasteiger partial charge in [-0.05, 0) is 32.6 Å². The lowest BCUT2D eigenvalue weighted by atomic mass is 9.71. The van der Waals surface area contributed by atoms with Crippen LogP contribution >= 0.6 is 11.6 Å². The quantitative estimate of drug-likeness (QED) is 0.857. The fourth-order valence-corrected chi connectivity index (χ4v) is 2.92. The molecule has 120 valence electrons. The Morgan fingerprint density at radius 1 is 1.36 bits per heavy atom. The number of nitrogens with one attached hydrogen (secondary N) is 1. The third kappa shape index (κ3) is 3.74. The summed E-state index contributed by atoms with van der Waals surface area (Å²) in [6.07, 6.45) is 5.70. The van der Waals surface area contributed by atoms with Gasteiger partial charge in [-0.3, -0.25) is 14.6 Å². The molecule has 0 bridgehead atoms. The van der Waals surface area contributed by atoms with Crippen LogP contribution in [0.1, 0.15) is 38.3 Å². The first-order valence-corrected chi connectivity index (χ1v) is 7.65. The van der Waals surface area contributed by atoms with Gasteiger partial charge in [-0.15, -0.1) is 0 Å². The summed E-state index contributed by atoms with van der Waals surface area (Å²) in [5, 5.41) is 3.13. The molecule has 22 heavy (non-hydrogen) atoms. The standard InChI is InChI=1S/C15H20ClN3O3/c1-15(14(21)22-2)5-3-10(4-6-15)13(20)19-9-11-12(16)18-8-7-17-11/h7-8,10H,3-6,9H2,1-2H3,(H,19,20). The van der Waals surface area contributed by atoms with Crippen molar-refractivity contribution in [1.29, 1.82) is 0 Å². The molecule has 0 aromatic carbocycles. The van der Waals surface area contributed by atoms with E-state index in [2.05, 4.69) is 15.3 Å². The zero-order chi connectivity index (χ0) is 16.2. The number of nitrogens with zero attached hydrogens (tertiary/aromatic N) is 2. The van der Waals surface area contributed by atoms with Crippen molar-refractivity contribution in [1.82, 2.24) is 15.3 Å². The highest BCUT2D eigenvalue weighted by Gasteiger charge is 2.40. The second kappa shape index (κ2) is 7.05. The van der Waals surface area contributed by atoms with Gasteiger partial charge in [-0.1, -0.05) is 11.6 Å². The summed E-state index contributed by atoms with van der Waals surface area (Å²) in [6.45, 7) is 2.16. The van der Waals surface area contributed by atoms with E-state index in [1.807, 2.05) is 6.92 Å². The highest BCUT2D eigenvalue weighted by atomic mass is 35.5. The van der Waals surface area contributed by atoms with E-state index in [9.17, 15) is 9.59 Å². The van der Waals surface area contributed by atoms with E-state index in [-0.39, 0.29) is 24.3 Å². The molecule has 1 N–H and O–H groups in total. The lowest BCUT2D eigenvalue weighted by Gasteiger charge is -2.34. The minimum Gasteiger partial charge on any atom is -0.469 e. The number of rotatable bonds is 4. The molecule has 1 heterocycles. The average molecular weight is 326 g/mol. The fraction of sp³-hybridized carbons (Fsp3) is 0.600. The monoisotopic (exact) mass is 325 g/mol. The number of ether oxygens (including phenoxy) is 1. The zero-order valence-electron chi connectivity index (χ0n) is 12.8. The number of halogens is 1. The van der Waals surface area contributed by atoms with Gasteiger partial charge >= 0.3 is 5.97 Å². The SMILES string of the molecule is COC(=O)C1(C)CCC(C(=O)NCc2nccnc2Cl)CC1. The van der Waals surface area contributed by atoms with Crippen LogP contribution in [0.25, 0.3) is 0 Å². The number of hydrogen-bond donors (Lipinski definition) is 1. The summed E-state index contributed by atoms with van der Waals surface area (Å²) >= 11 is 5.91. The summed E-state index contributed by atoms with van der Waals surface area (Å²) in [4.78, 5) is 32.0. The van der Waals surface area contributed by atoms with Crippen molar-refractivity contribution in [2.45, 2.75) is 39.2 Å². The van der Waals surface area contributed by atoms with Crippen molar-refractivity contribution in [3.8, 4) is 0 Å². The van der Waals surface area contributed by atoms with E-state index in [1.165, 1.54) is 19.5 Å². The van der Waals surface area contributed by atoms with Gasteiger partial charge in [0.25, 0.3) is 0 Å². The van der Waals surface area contributed by atoms with E-state index in [0.717, 1.165) is 0 Å². The van der Waals surface area contributed by atoms with E-state index >= 15 is 0 Å². The Balaban J connectivity index is 1.85. The second-order valence-corrected chi connectivity index (χ2v) is 6.20. The highest BCUT2D eigenvalue weighted by molar-refractivity contribution is 6.29. The first-order valence-electron chi connectivity index (χ1n) is 7.28. The third-order valence-electron chi connectivity index (χ3n) is 4.29. The van der Waals surface area contributed by atoms with Gasteiger partial charge < -0.3 is 10.1 Å². The van der Waals surface area contributed by atoms with Crippen LogP contribution in [-0.4, -0.2) is 29.0 Å². The normalized spacial score (nSPS) is 24.6. The van der Waals surface area contributed by atoms with E-state index in [0.29, 0.717) is 36.5 Å². The first kappa shape index (κ1) is 16.7. The maximum atomic E-state index is 12.2. The van der Waals surface area contributed by atoms with E-state index in [1.54, 1.807) is 0 Å². The van der Waals surface area contributed by atoms with Crippen molar-refractivity contribution in [3.05, 3.63) is 23.2 Å². The zero-order valence-corrected chi connectivity index (χ0v) is 13.5. The Labute approximate surface area is 134 Å². The van der Waals surface area contributed by atoms with Gasteiger partial charge in [0.2, 0.25) is 5.91 Å². The third-order valence-corrected chi connectivity index (χ3v) is 4.61. The molecule has 0 radical (unpaired) electrons. The van der Waals surface area contributed by atoms with Crippen molar-refractivity contribution in [3.63, 3.8) is 0 Å². The fourth-order valence-electron chi connectivity index (χ4n) is 2.75. The van der Waals surface area contributed by atoms with Crippen molar-refractivity contribution < 1.29 is 14.3 Å². The molecule has 1 aliphatic rings. The second-order valence-electron chi connectivity index (χ2n) is 5.84. The maximum Gasteiger partial charge on any atom is 0.311 e. The molecule has 1 aromatic rings. The lowest BCUT2D eigenvalue weighted by Crippen LogP contribution is -2.39. The Hall–Kier alpha value is -1.69. The summed E-state index contributed by atoms with van der Waals surface area (Å²) in [7, 11) is 1.40. The largest absolute Gasteiger partial charge is 0.469 e. The molecule has 0 unspecified atom stereocenters. The van der Waals surface area contributed by atoms with Gasteiger partial charge in [-0.25, -0.2) is 4.98 Å². The molecule has 1 fully saturated rings. The maximum absolute atomic E-state index is 12.2. The van der Waals surface area contributed by atoms with Crippen LogP contribution in [0.15, 0.2) is 12.4 Å². The van der Waals surface area contributed by atoms with Crippen LogP contribution in [0.5, 0.6) is 0 Å². The van der Waals surface area contributed by atoms with Crippen molar-refractivity contribution in [2.24, 2.45) is 11.3 Å². The molecule has 0 spiro atoms. The summed E-state index contributed by atoms with van der Waals surface area (Å²) < 4.78 is 4.84. The van der Waals surface area contributed by atoms with E-state index in [4.69, 9.17) is 16.3 Å². The van der Waals surface area contributed by atoms with Crippen LogP contribution < -0.4 is 5.32 Å². The smallest absolute Gasteiger partial charge is 0.311 e. The van der Waals surface area contributed by atoms with Gasteiger partial charge in [0.05, 0.1) is 24.8 Å². The number of carbonyl (C=O) groups is 2. The molecule has 0 aliphatic heterocycles. The number of esters is 1. The number of hydrogen-bond acceptors (Lipinski definition) is 5. The van der Waals surface area contributed by atoms with Crippen molar-refractivity contribution >= 4 is 23.5 Å². The molecule has 2 rings (SSSR count). The summed E-state index contributed by atoms with van der Waals surface area (Å²) in [6, 6.07) is 0. The van der Waals surface area contributed by atoms with Crippen LogP contribution in [0.4, 0.5) is 0 Å². The number of amides is 1. The molecular formula is C15H20ClN3O3. The minimum absolute atomic E-state index is 0.0337. The molecule has 6 nitrogen and oxygen atoms in total. The Bertz CT molecular complexity index is 557. The number of carbonyl (C=O) groups excluding carboxylic acids is 2. The topological polar surface area (TPSA) is 81.2 Å². The van der Waals surface area contributed by atoms with Gasteiger partial charge in [-0.2, -0.15) is 0 Å². The summed E-state index contributed by atoms with van der Waals surface area (Å²) in [5.74, 6) is -0.320. The van der Waals surface area contributed by atoms with Crippen LogP contribution in [-0.2, 0) is 20.9 Å². The van der Waals surface area contributed by atoms with Crippen LogP contribution in [0, 0.1) is 11.3 Å². The molecule has 1 aromatic heterocycles. The minimum atomic E-state index is -0.472. The molecule has 1 saturated carbocycles. The molecule has 0 atom stereocenters. The van der Waals surface area contributed by atoms with Gasteiger partial charge in [0.1, 0.15) is 0 Å². The molecular weight excluding hydrogens is 306 g/mol. The number of methoxy groups -OCH3 is 1. The predicted molar refractivity (Wildman–Crippen MR) is 81.0 cm³/mol. The predicted octanol–water partition coefficient (Wildman–Crippen LogP) is 2.12. The van der Waals surface area contributed by atoms with E-state index < -0.39 is 5.41 Å². The van der Waals surface area contributed by atoms with Crippen LogP contribution in [0.2, 0.25) is 5.15 Å². The highest BCUT2D eigenvalue weighted by Crippen LogP contribution is 2.39. The van der Waals surface area contributed by atoms with Crippen LogP contribution in [0.3, 0.4) is 0 Å². The average Bonchev–Trinajstić information content (AvgIpc) is 2.53. The Kier molecular flexibility index (Phi) is 5.34. The Morgan fingerprint density at radius 2 is 2.00 bits per heavy atom. The molecule has 0 saturated heterocycles. The summed E-state index contributed by atoms with van der Waals surface area (Å²) in [5.41, 5.74) is 0.0763. The first-order chi connectivity index (χ1) is 10.5. The number of aromatic nitrogens is 2. The molecule has 1 aliphatic carbocycles. The Morgan fingerprint density at radius 3 is 2.59 bits per heavy atom. The van der Waals surface area contributed by atoms with Gasteiger partial charge in [0, 0.05) is 18.3 Å². The molecule has 7 heteroatoms.